The van der Waals surface area contributed by atoms with E-state index in [0.29, 0.717) is 5.56 Å². The molecular weight excluding hydrogens is 456 g/mol. The second-order valence-electron chi connectivity index (χ2n) is 6.95. The summed E-state index contributed by atoms with van der Waals surface area (Å²) < 4.78 is 0. The minimum atomic E-state index is -1.49. The van der Waals surface area contributed by atoms with Crippen molar-refractivity contribution in [1.82, 2.24) is 16.0 Å². The number of hydrogen-bond acceptors (Lipinski definition) is 7. The third kappa shape index (κ3) is 7.45. The van der Waals surface area contributed by atoms with Gasteiger partial charge in [0.1, 0.15) is 17.8 Å². The van der Waals surface area contributed by atoms with Gasteiger partial charge in [-0.1, -0.05) is 23.7 Å². The van der Waals surface area contributed by atoms with Gasteiger partial charge in [-0.2, -0.15) is 0 Å². The maximum absolute atomic E-state index is 12.5. The van der Waals surface area contributed by atoms with E-state index < -0.39 is 48.9 Å². The van der Waals surface area contributed by atoms with Gasteiger partial charge >= 0.3 is 5.97 Å². The molecule has 0 aliphatic carbocycles. The van der Waals surface area contributed by atoms with Crippen LogP contribution in [0, 0.1) is 0 Å². The average molecular weight is 479 g/mol. The van der Waals surface area contributed by atoms with Crippen molar-refractivity contribution in [3.8, 4) is 5.75 Å². The Hall–Kier alpha value is -3.67. The number of carbonyl (C=O) groups is 4. The van der Waals surface area contributed by atoms with Crippen molar-refractivity contribution in [2.24, 2.45) is 5.73 Å². The molecule has 2 atom stereocenters. The number of halogens is 1. The highest BCUT2D eigenvalue weighted by Gasteiger charge is 2.24. The standard InChI is InChI=1S/C21H23ClN4O7/c22-15-7-12(18(29)24-8-11-2-1-3-13(28)6-11)4-5-14(15)19(30)26-17(21(32)33)9-25-20(31)16(23)10-27/h1-7,16-17,27-28H,8-10,23H2,(H,24,29)(H,25,31)(H,26,30)(H,32,33)/t16-,17-/m0/s1. The molecule has 0 fully saturated rings. The minimum absolute atomic E-state index is 0.0654. The number of aliphatic hydroxyl groups is 1. The van der Waals surface area contributed by atoms with Crippen molar-refractivity contribution in [1.29, 1.82) is 0 Å². The lowest BCUT2D eigenvalue weighted by molar-refractivity contribution is -0.139. The van der Waals surface area contributed by atoms with Crippen LogP contribution in [0.25, 0.3) is 0 Å². The number of nitrogens with two attached hydrogens (primary N) is 1. The van der Waals surface area contributed by atoms with Gasteiger partial charge < -0.3 is 37.0 Å². The van der Waals surface area contributed by atoms with Gasteiger partial charge in [-0.15, -0.1) is 0 Å². The molecule has 11 nitrogen and oxygen atoms in total. The molecule has 3 amide bonds. The molecule has 0 radical (unpaired) electrons. The monoisotopic (exact) mass is 478 g/mol. The van der Waals surface area contributed by atoms with Gasteiger partial charge in [0.25, 0.3) is 11.8 Å². The van der Waals surface area contributed by atoms with Crippen LogP contribution in [0.3, 0.4) is 0 Å². The Morgan fingerprint density at radius 2 is 1.76 bits per heavy atom. The summed E-state index contributed by atoms with van der Waals surface area (Å²) in [5, 5.41) is 34.6. The highest BCUT2D eigenvalue weighted by molar-refractivity contribution is 6.34. The fraction of sp³-hybridized carbons (Fsp3) is 0.238. The zero-order valence-corrected chi connectivity index (χ0v) is 18.0. The number of nitrogens with one attached hydrogen (secondary N) is 3. The van der Waals surface area contributed by atoms with Crippen molar-refractivity contribution in [3.63, 3.8) is 0 Å². The number of carboxylic acid groups (broad SMARTS) is 1. The van der Waals surface area contributed by atoms with Gasteiger partial charge in [-0.25, -0.2) is 4.79 Å². The number of phenols is 1. The Bertz CT molecular complexity index is 1050. The van der Waals surface area contributed by atoms with E-state index >= 15 is 0 Å². The van der Waals surface area contributed by atoms with E-state index in [1.807, 2.05) is 0 Å². The highest BCUT2D eigenvalue weighted by Crippen LogP contribution is 2.18. The van der Waals surface area contributed by atoms with Gasteiger partial charge in [-0.3, -0.25) is 14.4 Å². The Morgan fingerprint density at radius 3 is 2.36 bits per heavy atom. The summed E-state index contributed by atoms with van der Waals surface area (Å²) in [5.74, 6) is -3.44. The largest absolute Gasteiger partial charge is 0.508 e. The van der Waals surface area contributed by atoms with E-state index in [0.717, 1.165) is 0 Å². The minimum Gasteiger partial charge on any atom is -0.508 e. The number of phenolic OH excluding ortho intramolecular Hbond substituents is 1. The third-order valence-electron chi connectivity index (χ3n) is 4.46. The first-order valence-corrected chi connectivity index (χ1v) is 10.0. The Balaban J connectivity index is 2.01. The van der Waals surface area contributed by atoms with Gasteiger partial charge in [0.15, 0.2) is 0 Å². The molecule has 0 saturated heterocycles. The van der Waals surface area contributed by atoms with Crippen molar-refractivity contribution in [2.45, 2.75) is 18.6 Å². The van der Waals surface area contributed by atoms with E-state index in [9.17, 15) is 29.4 Å². The van der Waals surface area contributed by atoms with E-state index in [4.69, 9.17) is 22.4 Å². The average Bonchev–Trinajstić information content (AvgIpc) is 2.78. The Morgan fingerprint density at radius 1 is 1.03 bits per heavy atom. The molecule has 0 heterocycles. The van der Waals surface area contributed by atoms with Crippen LogP contribution in [-0.4, -0.2) is 64.2 Å². The molecule has 0 unspecified atom stereocenters. The molecule has 0 aliphatic heterocycles. The van der Waals surface area contributed by atoms with Crippen LogP contribution in [-0.2, 0) is 16.1 Å². The van der Waals surface area contributed by atoms with Crippen molar-refractivity contribution >= 4 is 35.3 Å². The number of rotatable bonds is 10. The summed E-state index contributed by atoms with van der Waals surface area (Å²) in [7, 11) is 0. The predicted molar refractivity (Wildman–Crippen MR) is 118 cm³/mol. The van der Waals surface area contributed by atoms with E-state index in [1.165, 1.54) is 30.3 Å². The lowest BCUT2D eigenvalue weighted by Gasteiger charge is -2.17. The van der Waals surface area contributed by atoms with Crippen LogP contribution in [0.4, 0.5) is 0 Å². The molecule has 0 aromatic heterocycles. The first-order valence-electron chi connectivity index (χ1n) is 9.65. The fourth-order valence-electron chi connectivity index (χ4n) is 2.64. The Labute approximate surface area is 193 Å². The molecule has 0 aliphatic rings. The predicted octanol–water partition coefficient (Wildman–Crippen LogP) is -0.406. The van der Waals surface area contributed by atoms with Crippen LogP contribution in [0.1, 0.15) is 26.3 Å². The SMILES string of the molecule is N[C@@H](CO)C(=O)NC[C@H](NC(=O)c1ccc(C(=O)NCc2cccc(O)c2)cc1Cl)C(=O)O. The van der Waals surface area contributed by atoms with Crippen LogP contribution >= 0.6 is 11.6 Å². The molecule has 2 aromatic rings. The number of carboxylic acids is 1. The second kappa shape index (κ2) is 11.8. The summed E-state index contributed by atoms with van der Waals surface area (Å²) in [5.41, 5.74) is 6.10. The van der Waals surface area contributed by atoms with E-state index in [1.54, 1.807) is 12.1 Å². The van der Waals surface area contributed by atoms with Gasteiger partial charge in [0.2, 0.25) is 5.91 Å². The molecule has 0 saturated carbocycles. The second-order valence-corrected chi connectivity index (χ2v) is 7.35. The zero-order chi connectivity index (χ0) is 24.5. The van der Waals surface area contributed by atoms with Gasteiger partial charge in [0.05, 0.1) is 17.2 Å². The highest BCUT2D eigenvalue weighted by atomic mass is 35.5. The van der Waals surface area contributed by atoms with Crippen LogP contribution in [0.2, 0.25) is 5.02 Å². The first kappa shape index (κ1) is 25.6. The summed E-state index contributed by atoms with van der Waals surface area (Å²) in [6.07, 6.45) is 0. The maximum atomic E-state index is 12.5. The van der Waals surface area contributed by atoms with Crippen molar-refractivity contribution in [3.05, 3.63) is 64.2 Å². The maximum Gasteiger partial charge on any atom is 0.328 e. The third-order valence-corrected chi connectivity index (χ3v) is 4.77. The van der Waals surface area contributed by atoms with Crippen molar-refractivity contribution < 1.29 is 34.5 Å². The Kier molecular flexibility index (Phi) is 9.16. The molecule has 176 valence electrons. The topological polar surface area (TPSA) is 191 Å². The molecular formula is C21H23ClN4O7. The van der Waals surface area contributed by atoms with E-state index in [-0.39, 0.29) is 28.4 Å². The number of aliphatic carboxylic acids is 1. The summed E-state index contributed by atoms with van der Waals surface area (Å²) >= 11 is 6.12. The smallest absolute Gasteiger partial charge is 0.328 e. The van der Waals surface area contributed by atoms with E-state index in [2.05, 4.69) is 16.0 Å². The fourth-order valence-corrected chi connectivity index (χ4v) is 2.91. The lowest BCUT2D eigenvalue weighted by atomic mass is 10.1. The summed E-state index contributed by atoms with van der Waals surface area (Å²) in [6, 6.07) is 7.51. The molecule has 2 aromatic carbocycles. The first-order chi connectivity index (χ1) is 15.6. The number of carbonyl (C=O) groups excluding carboxylic acids is 3. The lowest BCUT2D eigenvalue weighted by Crippen LogP contribution is -2.51. The van der Waals surface area contributed by atoms with Crippen LogP contribution in [0.5, 0.6) is 5.75 Å². The molecule has 12 heteroatoms. The number of aromatic hydroxyl groups is 1. The van der Waals surface area contributed by atoms with Gasteiger partial charge in [-0.05, 0) is 35.9 Å². The summed E-state index contributed by atoms with van der Waals surface area (Å²) in [4.78, 5) is 47.8. The molecule has 0 bridgehead atoms. The number of amides is 3. The normalized spacial score (nSPS) is 12.3. The molecule has 8 N–H and O–H groups in total. The molecule has 0 spiro atoms. The number of aliphatic hydroxyl groups excluding tert-OH is 1. The molecule has 33 heavy (non-hydrogen) atoms. The zero-order valence-electron chi connectivity index (χ0n) is 17.2. The number of benzene rings is 2. The number of hydrogen-bond donors (Lipinski definition) is 7. The van der Waals surface area contributed by atoms with Crippen molar-refractivity contribution in [2.75, 3.05) is 13.2 Å². The summed E-state index contributed by atoms with van der Waals surface area (Å²) in [6.45, 7) is -0.945. The van der Waals surface area contributed by atoms with Gasteiger partial charge in [0, 0.05) is 18.7 Å². The quantitative estimate of drug-likeness (QED) is 0.239. The van der Waals surface area contributed by atoms with Crippen LogP contribution < -0.4 is 21.7 Å². The molecule has 2 rings (SSSR count). The van der Waals surface area contributed by atoms with Crippen LogP contribution in [0.15, 0.2) is 42.5 Å².